The Hall–Kier alpha value is -0.650. The second kappa shape index (κ2) is 5.55. The third-order valence-electron chi connectivity index (χ3n) is 3.51. The molecule has 2 aliphatic rings. The van der Waals surface area contributed by atoms with Gasteiger partial charge < -0.3 is 15.0 Å². The Labute approximate surface area is 112 Å². The molecule has 0 radical (unpaired) electrons. The number of hydrogen-bond donors (Lipinski definition) is 1. The SMILES string of the molecule is CCc1nc(N2CCOCC2)sc1CNC1CC1. The van der Waals surface area contributed by atoms with Crippen LogP contribution in [0.15, 0.2) is 0 Å². The van der Waals surface area contributed by atoms with Crippen molar-refractivity contribution in [2.75, 3.05) is 31.2 Å². The second-order valence-corrected chi connectivity index (χ2v) is 6.04. The second-order valence-electron chi connectivity index (χ2n) is 4.97. The predicted molar refractivity (Wildman–Crippen MR) is 74.4 cm³/mol. The fraction of sp³-hybridized carbons (Fsp3) is 0.769. The van der Waals surface area contributed by atoms with E-state index in [-0.39, 0.29) is 0 Å². The number of aryl methyl sites for hydroxylation is 1. The third-order valence-corrected chi connectivity index (χ3v) is 4.67. The van der Waals surface area contributed by atoms with E-state index in [2.05, 4.69) is 17.1 Å². The van der Waals surface area contributed by atoms with Crippen LogP contribution in [-0.2, 0) is 17.7 Å². The number of morpholine rings is 1. The van der Waals surface area contributed by atoms with Gasteiger partial charge in [-0.3, -0.25) is 0 Å². The molecular weight excluding hydrogens is 246 g/mol. The fourth-order valence-electron chi connectivity index (χ4n) is 2.20. The molecule has 1 aromatic heterocycles. The monoisotopic (exact) mass is 267 g/mol. The zero-order valence-corrected chi connectivity index (χ0v) is 11.8. The first-order chi connectivity index (χ1) is 8.86. The molecule has 2 heterocycles. The van der Waals surface area contributed by atoms with E-state index in [1.807, 2.05) is 11.3 Å². The van der Waals surface area contributed by atoms with Crippen LogP contribution in [0.5, 0.6) is 0 Å². The van der Waals surface area contributed by atoms with Gasteiger partial charge in [-0.2, -0.15) is 0 Å². The highest BCUT2D eigenvalue weighted by Gasteiger charge is 2.22. The fourth-order valence-corrected chi connectivity index (χ4v) is 3.35. The third kappa shape index (κ3) is 2.84. The van der Waals surface area contributed by atoms with Crippen LogP contribution in [0.4, 0.5) is 5.13 Å². The van der Waals surface area contributed by atoms with Crippen LogP contribution in [0.3, 0.4) is 0 Å². The van der Waals surface area contributed by atoms with Crippen LogP contribution < -0.4 is 10.2 Å². The maximum Gasteiger partial charge on any atom is 0.185 e. The summed E-state index contributed by atoms with van der Waals surface area (Å²) in [4.78, 5) is 8.58. The number of nitrogens with one attached hydrogen (secondary N) is 1. The van der Waals surface area contributed by atoms with Crippen molar-refractivity contribution < 1.29 is 4.74 Å². The Kier molecular flexibility index (Phi) is 3.82. The molecule has 4 nitrogen and oxygen atoms in total. The largest absolute Gasteiger partial charge is 0.378 e. The maximum atomic E-state index is 5.39. The highest BCUT2D eigenvalue weighted by atomic mass is 32.1. The lowest BCUT2D eigenvalue weighted by Crippen LogP contribution is -2.36. The van der Waals surface area contributed by atoms with Crippen LogP contribution in [0.2, 0.25) is 0 Å². The molecular formula is C13H21N3OS. The van der Waals surface area contributed by atoms with Crippen LogP contribution in [-0.4, -0.2) is 37.3 Å². The molecule has 100 valence electrons. The number of ether oxygens (including phenoxy) is 1. The van der Waals surface area contributed by atoms with Crippen molar-refractivity contribution in [1.29, 1.82) is 0 Å². The zero-order valence-electron chi connectivity index (χ0n) is 10.9. The molecule has 1 aliphatic heterocycles. The summed E-state index contributed by atoms with van der Waals surface area (Å²) in [5.41, 5.74) is 1.27. The van der Waals surface area contributed by atoms with Crippen LogP contribution in [0, 0.1) is 0 Å². The lowest BCUT2D eigenvalue weighted by Gasteiger charge is -2.26. The van der Waals surface area contributed by atoms with E-state index in [1.165, 1.54) is 28.5 Å². The molecule has 1 saturated carbocycles. The van der Waals surface area contributed by atoms with E-state index < -0.39 is 0 Å². The van der Waals surface area contributed by atoms with Gasteiger partial charge in [0.1, 0.15) is 0 Å². The minimum absolute atomic E-state index is 0.767. The predicted octanol–water partition coefficient (Wildman–Crippen LogP) is 1.79. The average Bonchev–Trinajstić information content (AvgIpc) is 3.16. The highest BCUT2D eigenvalue weighted by Crippen LogP contribution is 2.28. The zero-order chi connectivity index (χ0) is 12.4. The first kappa shape index (κ1) is 12.4. The molecule has 1 N–H and O–H groups in total. The summed E-state index contributed by atoms with van der Waals surface area (Å²) in [7, 11) is 0. The van der Waals surface area contributed by atoms with E-state index in [4.69, 9.17) is 9.72 Å². The summed E-state index contributed by atoms with van der Waals surface area (Å²) in [6, 6.07) is 0.767. The van der Waals surface area contributed by atoms with Gasteiger partial charge in [0.2, 0.25) is 0 Å². The summed E-state index contributed by atoms with van der Waals surface area (Å²) in [6.07, 6.45) is 3.72. The van der Waals surface area contributed by atoms with Crippen molar-refractivity contribution in [2.24, 2.45) is 0 Å². The van der Waals surface area contributed by atoms with E-state index in [1.54, 1.807) is 0 Å². The molecule has 0 spiro atoms. The summed E-state index contributed by atoms with van der Waals surface area (Å²) >= 11 is 1.86. The van der Waals surface area contributed by atoms with Crippen molar-refractivity contribution in [2.45, 2.75) is 38.8 Å². The number of aromatic nitrogens is 1. The van der Waals surface area contributed by atoms with Crippen molar-refractivity contribution >= 4 is 16.5 Å². The Bertz CT molecular complexity index is 397. The number of rotatable bonds is 5. The molecule has 1 aromatic rings. The van der Waals surface area contributed by atoms with Gasteiger partial charge in [-0.25, -0.2) is 4.98 Å². The number of anilines is 1. The molecule has 0 bridgehead atoms. The number of hydrogen-bond acceptors (Lipinski definition) is 5. The van der Waals surface area contributed by atoms with Gasteiger partial charge in [0.05, 0.1) is 18.9 Å². The quantitative estimate of drug-likeness (QED) is 0.882. The van der Waals surface area contributed by atoms with Crippen LogP contribution in [0.1, 0.15) is 30.3 Å². The summed E-state index contributed by atoms with van der Waals surface area (Å²) in [6.45, 7) is 6.81. The molecule has 2 fully saturated rings. The molecule has 0 aromatic carbocycles. The summed E-state index contributed by atoms with van der Waals surface area (Å²) < 4.78 is 5.39. The van der Waals surface area contributed by atoms with E-state index in [9.17, 15) is 0 Å². The van der Waals surface area contributed by atoms with Crippen molar-refractivity contribution in [1.82, 2.24) is 10.3 Å². The van der Waals surface area contributed by atoms with Gasteiger partial charge in [0, 0.05) is 30.6 Å². The molecule has 0 amide bonds. The number of nitrogens with zero attached hydrogens (tertiary/aromatic N) is 2. The van der Waals surface area contributed by atoms with Gasteiger partial charge in [-0.15, -0.1) is 11.3 Å². The summed E-state index contributed by atoms with van der Waals surface area (Å²) in [5.74, 6) is 0. The molecule has 0 atom stereocenters. The van der Waals surface area contributed by atoms with E-state index >= 15 is 0 Å². The smallest absolute Gasteiger partial charge is 0.185 e. The Balaban J connectivity index is 1.69. The normalized spacial score (nSPS) is 20.4. The van der Waals surface area contributed by atoms with Crippen molar-refractivity contribution in [3.8, 4) is 0 Å². The summed E-state index contributed by atoms with van der Waals surface area (Å²) in [5, 5.41) is 4.77. The maximum absolute atomic E-state index is 5.39. The van der Waals surface area contributed by atoms with Gasteiger partial charge >= 0.3 is 0 Å². The van der Waals surface area contributed by atoms with Gasteiger partial charge in [0.15, 0.2) is 5.13 Å². The van der Waals surface area contributed by atoms with Crippen molar-refractivity contribution in [3.63, 3.8) is 0 Å². The number of thiazole rings is 1. The molecule has 3 rings (SSSR count). The Morgan fingerprint density at radius 2 is 2.17 bits per heavy atom. The highest BCUT2D eigenvalue weighted by molar-refractivity contribution is 7.15. The molecule has 0 unspecified atom stereocenters. The molecule has 1 aliphatic carbocycles. The van der Waals surface area contributed by atoms with Crippen molar-refractivity contribution in [3.05, 3.63) is 10.6 Å². The first-order valence-electron chi connectivity index (χ1n) is 6.91. The van der Waals surface area contributed by atoms with Gasteiger partial charge in [0.25, 0.3) is 0 Å². The standard InChI is InChI=1S/C13H21N3OS/c1-2-11-12(9-14-10-3-4-10)18-13(15-11)16-5-7-17-8-6-16/h10,14H,2-9H2,1H3. The van der Waals surface area contributed by atoms with Crippen LogP contribution >= 0.6 is 11.3 Å². The molecule has 1 saturated heterocycles. The first-order valence-corrected chi connectivity index (χ1v) is 7.73. The minimum atomic E-state index is 0.767. The molecule has 18 heavy (non-hydrogen) atoms. The lowest BCUT2D eigenvalue weighted by atomic mass is 10.3. The van der Waals surface area contributed by atoms with Gasteiger partial charge in [-0.05, 0) is 19.3 Å². The van der Waals surface area contributed by atoms with Gasteiger partial charge in [-0.1, -0.05) is 6.92 Å². The Morgan fingerprint density at radius 3 is 2.83 bits per heavy atom. The molecule has 5 heteroatoms. The van der Waals surface area contributed by atoms with E-state index in [0.717, 1.165) is 45.3 Å². The lowest BCUT2D eigenvalue weighted by molar-refractivity contribution is 0.122. The Morgan fingerprint density at radius 1 is 1.39 bits per heavy atom. The van der Waals surface area contributed by atoms with E-state index in [0.29, 0.717) is 0 Å². The topological polar surface area (TPSA) is 37.4 Å². The minimum Gasteiger partial charge on any atom is -0.378 e. The average molecular weight is 267 g/mol. The van der Waals surface area contributed by atoms with Crippen LogP contribution in [0.25, 0.3) is 0 Å².